The van der Waals surface area contributed by atoms with Crippen molar-refractivity contribution in [1.29, 1.82) is 0 Å². The molecule has 0 atom stereocenters. The predicted octanol–water partition coefficient (Wildman–Crippen LogP) is 0.953. The molecule has 0 aromatic rings. The molecule has 0 aromatic heterocycles. The quantitative estimate of drug-likeness (QED) is 0.347. The van der Waals surface area contributed by atoms with E-state index in [9.17, 15) is 13.2 Å². The number of likely N-dealkylation sites (tertiary alicyclic amines) is 1. The van der Waals surface area contributed by atoms with Crippen molar-refractivity contribution in [3.8, 4) is 0 Å². The van der Waals surface area contributed by atoms with Crippen molar-refractivity contribution in [1.82, 2.24) is 10.2 Å². The number of nitrogens with two attached hydrogens (primary N) is 1. The van der Waals surface area contributed by atoms with Crippen molar-refractivity contribution < 1.29 is 17.9 Å². The van der Waals surface area contributed by atoms with Crippen molar-refractivity contribution in [2.24, 2.45) is 10.7 Å². The number of guanidine groups is 1. The van der Waals surface area contributed by atoms with E-state index in [4.69, 9.17) is 10.5 Å². The fraction of sp³-hybridized carbons (Fsp3) is 0.857. The third-order valence-corrected chi connectivity index (χ3v) is 6.14. The van der Waals surface area contributed by atoms with Crippen LogP contribution in [0.3, 0.4) is 0 Å². The first-order chi connectivity index (χ1) is 10.6. The van der Waals surface area contributed by atoms with Gasteiger partial charge in [0.2, 0.25) is 0 Å². The van der Waals surface area contributed by atoms with Gasteiger partial charge in [0.15, 0.2) is 15.8 Å². The molecule has 24 heavy (non-hydrogen) atoms. The van der Waals surface area contributed by atoms with E-state index in [2.05, 4.69) is 10.3 Å². The molecule has 0 spiro atoms. The van der Waals surface area contributed by atoms with Gasteiger partial charge in [-0.2, -0.15) is 0 Å². The number of aliphatic imine (C=N–C) groups is 1. The summed E-state index contributed by atoms with van der Waals surface area (Å²) in [5.41, 5.74) is 5.84. The van der Waals surface area contributed by atoms with E-state index in [1.165, 1.54) is 6.26 Å². The van der Waals surface area contributed by atoms with Crippen molar-refractivity contribution in [2.75, 3.05) is 32.5 Å². The SMILES string of the molecule is CCOC(=O)N1CCC(NC(N)=NCC(C)(C)S(C)(=O)=O)CC1.I. The van der Waals surface area contributed by atoms with E-state index >= 15 is 0 Å². The zero-order valence-corrected chi connectivity index (χ0v) is 17.9. The highest BCUT2D eigenvalue weighted by Gasteiger charge is 2.30. The van der Waals surface area contributed by atoms with Gasteiger partial charge in [0, 0.05) is 25.4 Å². The van der Waals surface area contributed by atoms with Crippen molar-refractivity contribution in [3.63, 3.8) is 0 Å². The van der Waals surface area contributed by atoms with E-state index in [1.807, 2.05) is 0 Å². The molecular weight excluding hydrogens is 447 g/mol. The minimum atomic E-state index is -3.20. The maximum Gasteiger partial charge on any atom is 0.409 e. The molecule has 8 nitrogen and oxygen atoms in total. The Morgan fingerprint density at radius 2 is 1.92 bits per heavy atom. The molecule has 1 rings (SSSR count). The molecule has 0 radical (unpaired) electrons. The van der Waals surface area contributed by atoms with Gasteiger partial charge in [0.05, 0.1) is 17.9 Å². The Balaban J connectivity index is 0.00000529. The molecule has 1 aliphatic heterocycles. The fourth-order valence-corrected chi connectivity index (χ4v) is 2.37. The van der Waals surface area contributed by atoms with Crippen molar-refractivity contribution >= 4 is 45.9 Å². The van der Waals surface area contributed by atoms with Crippen LogP contribution < -0.4 is 11.1 Å². The molecule has 10 heteroatoms. The minimum absolute atomic E-state index is 0. The number of carbonyl (C=O) groups excluding carboxylic acids is 1. The highest BCUT2D eigenvalue weighted by atomic mass is 127. The highest BCUT2D eigenvalue weighted by molar-refractivity contribution is 14.0. The lowest BCUT2D eigenvalue weighted by Crippen LogP contribution is -2.49. The normalized spacial score (nSPS) is 17.2. The Hall–Kier alpha value is -0.780. The average Bonchev–Trinajstić information content (AvgIpc) is 2.45. The zero-order chi connectivity index (χ0) is 17.7. The summed E-state index contributed by atoms with van der Waals surface area (Å²) in [6.45, 7) is 6.69. The number of nitrogens with zero attached hydrogens (tertiary/aromatic N) is 2. The maximum absolute atomic E-state index is 11.6. The number of nitrogens with one attached hydrogen (secondary N) is 1. The molecule has 142 valence electrons. The number of hydrogen-bond acceptors (Lipinski definition) is 5. The Bertz CT molecular complexity index is 543. The number of amides is 1. The van der Waals surface area contributed by atoms with Crippen molar-refractivity contribution in [3.05, 3.63) is 0 Å². The number of halogens is 1. The number of sulfone groups is 1. The number of carbonyl (C=O) groups is 1. The van der Waals surface area contributed by atoms with Crippen LogP contribution in [0.2, 0.25) is 0 Å². The van der Waals surface area contributed by atoms with Crippen LogP contribution in [-0.2, 0) is 14.6 Å². The van der Waals surface area contributed by atoms with E-state index in [1.54, 1.807) is 25.7 Å². The van der Waals surface area contributed by atoms with Gasteiger partial charge >= 0.3 is 6.09 Å². The first-order valence-corrected chi connectivity index (χ1v) is 9.63. The second-order valence-electron chi connectivity index (χ2n) is 6.34. The van der Waals surface area contributed by atoms with Crippen molar-refractivity contribution in [2.45, 2.75) is 44.4 Å². The Kier molecular flexibility index (Phi) is 9.32. The number of ether oxygens (including phenoxy) is 1. The van der Waals surface area contributed by atoms with Crippen LogP contribution in [0.25, 0.3) is 0 Å². The van der Waals surface area contributed by atoms with Gasteiger partial charge in [0.25, 0.3) is 0 Å². The molecule has 1 amide bonds. The average molecular weight is 476 g/mol. The third kappa shape index (κ3) is 6.99. The second-order valence-corrected chi connectivity index (χ2v) is 8.99. The van der Waals surface area contributed by atoms with Crippen LogP contribution in [0.5, 0.6) is 0 Å². The molecule has 3 N–H and O–H groups in total. The van der Waals surface area contributed by atoms with Gasteiger partial charge in [-0.15, -0.1) is 24.0 Å². The number of piperidine rings is 1. The lowest BCUT2D eigenvalue weighted by atomic mass is 10.1. The van der Waals surface area contributed by atoms with Gasteiger partial charge in [-0.25, -0.2) is 13.2 Å². The fourth-order valence-electron chi connectivity index (χ4n) is 2.07. The van der Waals surface area contributed by atoms with Gasteiger partial charge in [-0.1, -0.05) is 0 Å². The third-order valence-electron chi connectivity index (χ3n) is 4.01. The second kappa shape index (κ2) is 9.64. The molecule has 1 saturated heterocycles. The van der Waals surface area contributed by atoms with Gasteiger partial charge in [-0.3, -0.25) is 4.99 Å². The summed E-state index contributed by atoms with van der Waals surface area (Å²) in [5.74, 6) is 0.233. The molecule has 0 bridgehead atoms. The van der Waals surface area contributed by atoms with Gasteiger partial charge in [-0.05, 0) is 33.6 Å². The monoisotopic (exact) mass is 476 g/mol. The van der Waals surface area contributed by atoms with Crippen LogP contribution >= 0.6 is 24.0 Å². The highest BCUT2D eigenvalue weighted by Crippen LogP contribution is 2.15. The molecule has 1 fully saturated rings. The first kappa shape index (κ1) is 23.2. The summed E-state index contributed by atoms with van der Waals surface area (Å²) in [4.78, 5) is 17.4. The van der Waals surface area contributed by atoms with E-state index in [0.717, 1.165) is 12.8 Å². The number of hydrogen-bond donors (Lipinski definition) is 2. The van der Waals surface area contributed by atoms with Crippen LogP contribution in [0, 0.1) is 0 Å². The summed E-state index contributed by atoms with van der Waals surface area (Å²) < 4.78 is 27.3. The van der Waals surface area contributed by atoms with Crippen LogP contribution in [0.15, 0.2) is 4.99 Å². The summed E-state index contributed by atoms with van der Waals surface area (Å²) in [6, 6.07) is 0.116. The lowest BCUT2D eigenvalue weighted by molar-refractivity contribution is 0.0963. The summed E-state index contributed by atoms with van der Waals surface area (Å²) in [7, 11) is -3.20. The van der Waals surface area contributed by atoms with E-state index in [-0.39, 0.29) is 48.6 Å². The predicted molar refractivity (Wildman–Crippen MR) is 106 cm³/mol. The zero-order valence-electron chi connectivity index (χ0n) is 14.7. The van der Waals surface area contributed by atoms with Crippen LogP contribution in [0.1, 0.15) is 33.6 Å². The molecule has 0 unspecified atom stereocenters. The molecule has 0 aliphatic carbocycles. The first-order valence-electron chi connectivity index (χ1n) is 7.74. The smallest absolute Gasteiger partial charge is 0.409 e. The summed E-state index contributed by atoms with van der Waals surface area (Å²) in [5, 5.41) is 3.09. The Labute approximate surface area is 161 Å². The molecule has 0 saturated carbocycles. The standard InChI is InChI=1S/C14H28N4O4S.HI/c1-5-22-13(19)18-8-6-11(7-9-18)17-12(15)16-10-14(2,3)23(4,20)21;/h11H,5-10H2,1-4H3,(H3,15,16,17);1H. The van der Waals surface area contributed by atoms with Crippen LogP contribution in [0.4, 0.5) is 4.79 Å². The maximum atomic E-state index is 11.6. The molecular formula is C14H29IN4O4S. The van der Waals surface area contributed by atoms with Gasteiger partial charge in [0.1, 0.15) is 0 Å². The Morgan fingerprint density at radius 3 is 2.38 bits per heavy atom. The Morgan fingerprint density at radius 1 is 1.38 bits per heavy atom. The minimum Gasteiger partial charge on any atom is -0.450 e. The topological polar surface area (TPSA) is 114 Å². The molecule has 0 aromatic carbocycles. The largest absolute Gasteiger partial charge is 0.450 e. The van der Waals surface area contributed by atoms with E-state index < -0.39 is 14.6 Å². The molecule has 1 heterocycles. The summed E-state index contributed by atoms with van der Waals surface area (Å²) >= 11 is 0. The van der Waals surface area contributed by atoms with Crippen LogP contribution in [-0.4, -0.2) is 68.7 Å². The van der Waals surface area contributed by atoms with E-state index in [0.29, 0.717) is 19.7 Å². The lowest BCUT2D eigenvalue weighted by Gasteiger charge is -2.32. The van der Waals surface area contributed by atoms with Gasteiger partial charge < -0.3 is 20.7 Å². The molecule has 1 aliphatic rings. The number of rotatable bonds is 5. The summed E-state index contributed by atoms with van der Waals surface area (Å²) in [6.07, 6.45) is 2.38.